The van der Waals surface area contributed by atoms with Gasteiger partial charge in [-0.3, -0.25) is 0 Å². The fourth-order valence-corrected chi connectivity index (χ4v) is 6.80. The Balaban J connectivity index is 1.36. The van der Waals surface area contributed by atoms with Crippen LogP contribution in [0.2, 0.25) is 0 Å². The summed E-state index contributed by atoms with van der Waals surface area (Å²) in [6.45, 7) is 5.01. The molecule has 0 amide bonds. The van der Waals surface area contributed by atoms with Crippen LogP contribution in [-0.4, -0.2) is 34.2 Å². The van der Waals surface area contributed by atoms with Crippen LogP contribution < -0.4 is 0 Å². The maximum absolute atomic E-state index is 6.85. The van der Waals surface area contributed by atoms with Gasteiger partial charge in [-0.25, -0.2) is 4.98 Å². The predicted molar refractivity (Wildman–Crippen MR) is 191 cm³/mol. The third-order valence-corrected chi connectivity index (χ3v) is 9.11. The Hall–Kier alpha value is -4.85. The Kier molecular flexibility index (Phi) is 9.82. The summed E-state index contributed by atoms with van der Waals surface area (Å²) in [6.07, 6.45) is 2.56. The van der Waals surface area contributed by atoms with Crippen molar-refractivity contribution in [2.24, 2.45) is 0 Å². The molecule has 0 unspecified atom stereocenters. The van der Waals surface area contributed by atoms with Gasteiger partial charge in [-0.05, 0) is 41.7 Å². The Morgan fingerprint density at radius 1 is 0.673 bits per heavy atom. The Morgan fingerprint density at radius 3 is 1.57 bits per heavy atom. The number of imidazole rings is 1. The first-order valence-corrected chi connectivity index (χ1v) is 16.9. The van der Waals surface area contributed by atoms with E-state index < -0.39 is 23.5 Å². The van der Waals surface area contributed by atoms with E-state index in [1.807, 2.05) is 56.6 Å². The number of aromatic nitrogens is 2. The highest BCUT2D eigenvalue weighted by atomic mass is 16.8. The topological polar surface area (TPSA) is 54.7 Å². The maximum Gasteiger partial charge on any atom is 0.163 e. The second-order valence-electron chi connectivity index (χ2n) is 12.9. The van der Waals surface area contributed by atoms with Gasteiger partial charge in [0.2, 0.25) is 0 Å². The first kappa shape index (κ1) is 32.7. The summed E-state index contributed by atoms with van der Waals surface area (Å²) in [5.74, 6) is -0.745. The molecule has 1 fully saturated rings. The van der Waals surface area contributed by atoms with Gasteiger partial charge in [0.1, 0.15) is 23.9 Å². The average Bonchev–Trinajstić information content (AvgIpc) is 3.79. The molecule has 248 valence electrons. The normalized spacial score (nSPS) is 17.1. The molecule has 0 spiro atoms. The third-order valence-electron chi connectivity index (χ3n) is 9.11. The molecule has 0 N–H and O–H groups in total. The standard InChI is InChI=1S/C43H42N2O4/c1-42(2)48-31-39(49-42)41(47-30-34-20-10-4-11-21-34)40(46-29-33-18-8-3-9-19-33)38-28-45(32-44-38)43(35-22-12-5-13-23-35,36-24-14-6-15-25-36)37-26-16-7-17-27-37/h3-28,32,39-41H,29-31H2,1-2H3/t39-,40+,41+/m1/s1. The van der Waals surface area contributed by atoms with Gasteiger partial charge >= 0.3 is 0 Å². The van der Waals surface area contributed by atoms with E-state index in [-0.39, 0.29) is 6.10 Å². The van der Waals surface area contributed by atoms with E-state index in [1.54, 1.807) is 0 Å². The molecule has 0 saturated carbocycles. The smallest absolute Gasteiger partial charge is 0.163 e. The molecule has 0 radical (unpaired) electrons. The van der Waals surface area contributed by atoms with Gasteiger partial charge in [-0.15, -0.1) is 0 Å². The molecule has 3 atom stereocenters. The molecule has 0 aliphatic carbocycles. The lowest BCUT2D eigenvalue weighted by molar-refractivity contribution is -0.181. The van der Waals surface area contributed by atoms with E-state index in [9.17, 15) is 0 Å². The Bertz CT molecular complexity index is 1780. The van der Waals surface area contributed by atoms with Crippen molar-refractivity contribution in [2.45, 2.75) is 56.7 Å². The largest absolute Gasteiger partial charge is 0.368 e. The van der Waals surface area contributed by atoms with Crippen molar-refractivity contribution >= 4 is 0 Å². The zero-order valence-corrected chi connectivity index (χ0v) is 28.0. The van der Waals surface area contributed by atoms with Gasteiger partial charge in [-0.1, -0.05) is 152 Å². The van der Waals surface area contributed by atoms with Crippen molar-refractivity contribution < 1.29 is 18.9 Å². The van der Waals surface area contributed by atoms with Crippen molar-refractivity contribution in [1.82, 2.24) is 9.55 Å². The summed E-state index contributed by atoms with van der Waals surface area (Å²) in [5.41, 5.74) is 5.50. The van der Waals surface area contributed by atoms with Crippen LogP contribution in [0.4, 0.5) is 0 Å². The third kappa shape index (κ3) is 7.14. The van der Waals surface area contributed by atoms with E-state index in [2.05, 4.69) is 126 Å². The van der Waals surface area contributed by atoms with Crippen molar-refractivity contribution in [1.29, 1.82) is 0 Å². The second kappa shape index (κ2) is 14.7. The maximum atomic E-state index is 6.85. The summed E-state index contributed by atoms with van der Waals surface area (Å²) in [7, 11) is 0. The lowest BCUT2D eigenvalue weighted by atomic mass is 9.77. The first-order valence-electron chi connectivity index (χ1n) is 16.9. The quantitative estimate of drug-likeness (QED) is 0.117. The SMILES string of the molecule is CC1(C)OC[C@H]([C@H](OCc2ccccc2)[C@@H](OCc2ccccc2)c2cn(C(c3ccccc3)(c3ccccc3)c3ccccc3)cn2)O1. The summed E-state index contributed by atoms with van der Waals surface area (Å²) >= 11 is 0. The molecular weight excluding hydrogens is 608 g/mol. The minimum atomic E-state index is -0.745. The lowest BCUT2D eigenvalue weighted by Gasteiger charge is -2.37. The predicted octanol–water partition coefficient (Wildman–Crippen LogP) is 8.72. The van der Waals surface area contributed by atoms with Crippen LogP contribution in [-0.2, 0) is 37.7 Å². The average molecular weight is 651 g/mol. The molecular formula is C43H42N2O4. The van der Waals surface area contributed by atoms with Crippen LogP contribution in [0, 0.1) is 0 Å². The molecule has 1 aliphatic rings. The number of hydrogen-bond donors (Lipinski definition) is 0. The summed E-state index contributed by atoms with van der Waals surface area (Å²) in [5, 5.41) is 0. The fraction of sp³-hybridized carbons (Fsp3) is 0.233. The molecule has 5 aromatic carbocycles. The highest BCUT2D eigenvalue weighted by Gasteiger charge is 2.44. The van der Waals surface area contributed by atoms with Gasteiger partial charge in [-0.2, -0.15) is 0 Å². The monoisotopic (exact) mass is 650 g/mol. The zero-order valence-electron chi connectivity index (χ0n) is 28.0. The highest BCUT2D eigenvalue weighted by molar-refractivity contribution is 5.50. The van der Waals surface area contributed by atoms with Crippen LogP contribution in [0.5, 0.6) is 0 Å². The van der Waals surface area contributed by atoms with Crippen molar-refractivity contribution in [3.05, 3.63) is 198 Å². The van der Waals surface area contributed by atoms with Crippen LogP contribution in [0.15, 0.2) is 164 Å². The van der Waals surface area contributed by atoms with Gasteiger partial charge in [0.15, 0.2) is 5.79 Å². The molecule has 2 heterocycles. The van der Waals surface area contributed by atoms with E-state index in [4.69, 9.17) is 23.9 Å². The molecule has 1 aliphatic heterocycles. The van der Waals surface area contributed by atoms with E-state index in [0.29, 0.717) is 19.8 Å². The van der Waals surface area contributed by atoms with Gasteiger partial charge in [0.25, 0.3) is 0 Å². The molecule has 49 heavy (non-hydrogen) atoms. The van der Waals surface area contributed by atoms with Crippen LogP contribution in [0.1, 0.15) is 53.5 Å². The van der Waals surface area contributed by atoms with Gasteiger partial charge in [0.05, 0.1) is 31.8 Å². The van der Waals surface area contributed by atoms with E-state index in [0.717, 1.165) is 33.5 Å². The molecule has 6 nitrogen and oxygen atoms in total. The Labute approximate surface area is 288 Å². The van der Waals surface area contributed by atoms with Gasteiger partial charge in [0, 0.05) is 6.20 Å². The van der Waals surface area contributed by atoms with Crippen molar-refractivity contribution in [3.8, 4) is 0 Å². The Morgan fingerprint density at radius 2 is 1.12 bits per heavy atom. The number of hydrogen-bond acceptors (Lipinski definition) is 5. The van der Waals surface area contributed by atoms with Gasteiger partial charge < -0.3 is 23.5 Å². The highest BCUT2D eigenvalue weighted by Crippen LogP contribution is 2.42. The molecule has 6 aromatic rings. The van der Waals surface area contributed by atoms with Crippen LogP contribution in [0.25, 0.3) is 0 Å². The minimum Gasteiger partial charge on any atom is -0.368 e. The van der Waals surface area contributed by atoms with Crippen LogP contribution >= 0.6 is 0 Å². The number of benzene rings is 5. The molecule has 1 saturated heterocycles. The summed E-state index contributed by atoms with van der Waals surface area (Å²) < 4.78 is 28.4. The number of rotatable bonds is 13. The summed E-state index contributed by atoms with van der Waals surface area (Å²) in [4.78, 5) is 5.12. The number of nitrogens with zero attached hydrogens (tertiary/aromatic N) is 2. The first-order chi connectivity index (χ1) is 24.0. The van der Waals surface area contributed by atoms with Crippen LogP contribution in [0.3, 0.4) is 0 Å². The number of ether oxygens (including phenoxy) is 4. The molecule has 6 heteroatoms. The lowest BCUT2D eigenvalue weighted by Crippen LogP contribution is -2.39. The minimum absolute atomic E-state index is 0.375. The van der Waals surface area contributed by atoms with E-state index in [1.165, 1.54) is 0 Å². The second-order valence-corrected chi connectivity index (χ2v) is 12.9. The van der Waals surface area contributed by atoms with E-state index >= 15 is 0 Å². The summed E-state index contributed by atoms with van der Waals surface area (Å²) in [6, 6.07) is 52.2. The molecule has 0 bridgehead atoms. The molecule has 1 aromatic heterocycles. The van der Waals surface area contributed by atoms with Crippen molar-refractivity contribution in [2.75, 3.05) is 6.61 Å². The molecule has 7 rings (SSSR count). The fourth-order valence-electron chi connectivity index (χ4n) is 6.80. The zero-order chi connectivity index (χ0) is 33.5. The van der Waals surface area contributed by atoms with Crippen molar-refractivity contribution in [3.63, 3.8) is 0 Å².